The Balaban J connectivity index is 1.90. The number of carbonyl (C=O) groups is 1. The molecule has 0 aromatic heterocycles. The normalized spacial score (nSPS) is 27.9. The maximum absolute atomic E-state index is 12.8. The molecule has 0 aliphatic carbocycles. The van der Waals surface area contributed by atoms with Crippen LogP contribution in [-0.2, 0) is 20.3 Å². The van der Waals surface area contributed by atoms with Gasteiger partial charge in [-0.3, -0.25) is 0 Å². The van der Waals surface area contributed by atoms with E-state index >= 15 is 0 Å². The number of benzene rings is 1. The van der Waals surface area contributed by atoms with Crippen molar-refractivity contribution in [2.24, 2.45) is 0 Å². The minimum absolute atomic E-state index is 0.0778. The molecule has 1 fully saturated rings. The summed E-state index contributed by atoms with van der Waals surface area (Å²) in [4.78, 5) is 12.8. The fourth-order valence-electron chi connectivity index (χ4n) is 4.15. The quantitative estimate of drug-likeness (QED) is 0.544. The lowest BCUT2D eigenvalue weighted by molar-refractivity contribution is -0.108. The number of aromatic hydroxyl groups is 1. The zero-order valence-electron chi connectivity index (χ0n) is 18.8. The molecule has 1 aromatic rings. The molecule has 2 bridgehead atoms. The lowest BCUT2D eigenvalue weighted by Gasteiger charge is -2.44. The summed E-state index contributed by atoms with van der Waals surface area (Å²) >= 11 is 0. The molecule has 1 aromatic carbocycles. The standard InChI is InChI=1S/C23H36O6Si/c1-23(2,3)30(4,5)29-19-13-17-11-15-7-6-8-20(25)21(15)22(26)28-16(9-10-24)12-18(14-19)27-17/h6-8,16-19,24-25H,9-14H2,1-5H3/t16-,17-,18-,19-/m0/s1. The predicted octanol–water partition coefficient (Wildman–Crippen LogP) is 4.18. The van der Waals surface area contributed by atoms with E-state index in [4.69, 9.17) is 13.9 Å². The van der Waals surface area contributed by atoms with Crippen molar-refractivity contribution < 1.29 is 28.9 Å². The second-order valence-electron chi connectivity index (χ2n) is 10.1. The molecule has 4 atom stereocenters. The highest BCUT2D eigenvalue weighted by Gasteiger charge is 2.42. The fraction of sp³-hybridized carbons (Fsp3) is 0.696. The molecule has 168 valence electrons. The van der Waals surface area contributed by atoms with Crippen molar-refractivity contribution >= 4 is 14.3 Å². The van der Waals surface area contributed by atoms with Gasteiger partial charge in [0, 0.05) is 25.6 Å². The van der Waals surface area contributed by atoms with Gasteiger partial charge < -0.3 is 24.1 Å². The number of fused-ring (bicyclic) bond motifs is 3. The summed E-state index contributed by atoms with van der Waals surface area (Å²) < 4.78 is 18.8. The van der Waals surface area contributed by atoms with Crippen LogP contribution < -0.4 is 0 Å². The number of phenols is 1. The smallest absolute Gasteiger partial charge is 0.342 e. The average Bonchev–Trinajstić information content (AvgIpc) is 2.59. The van der Waals surface area contributed by atoms with Crippen molar-refractivity contribution in [2.45, 2.75) is 95.4 Å². The van der Waals surface area contributed by atoms with Crippen LogP contribution in [0.15, 0.2) is 18.2 Å². The zero-order chi connectivity index (χ0) is 22.1. The molecule has 3 rings (SSSR count). The molecule has 0 unspecified atom stereocenters. The number of esters is 1. The molecular weight excluding hydrogens is 400 g/mol. The number of hydrogen-bond acceptors (Lipinski definition) is 6. The van der Waals surface area contributed by atoms with Crippen molar-refractivity contribution in [2.75, 3.05) is 6.61 Å². The molecule has 0 spiro atoms. The SMILES string of the molecule is CC(C)(C)[Si](C)(C)O[C@H]1C[C@@H]2Cc3cccc(O)c3C(=O)O[C@@H](CCO)C[C@@H](C1)O2. The van der Waals surface area contributed by atoms with E-state index in [1.54, 1.807) is 6.07 Å². The number of hydrogen-bond donors (Lipinski definition) is 2. The number of aliphatic hydroxyl groups is 1. The first-order valence-electron chi connectivity index (χ1n) is 11.0. The Labute approximate surface area is 180 Å². The van der Waals surface area contributed by atoms with E-state index in [1.165, 1.54) is 6.07 Å². The number of rotatable bonds is 4. The lowest BCUT2D eigenvalue weighted by atomic mass is 9.91. The highest BCUT2D eigenvalue weighted by atomic mass is 28.4. The Morgan fingerprint density at radius 2 is 1.87 bits per heavy atom. The van der Waals surface area contributed by atoms with E-state index in [0.717, 1.165) is 18.4 Å². The summed E-state index contributed by atoms with van der Waals surface area (Å²) in [6.45, 7) is 11.2. The van der Waals surface area contributed by atoms with Crippen LogP contribution >= 0.6 is 0 Å². The molecule has 0 radical (unpaired) electrons. The first-order valence-corrected chi connectivity index (χ1v) is 13.9. The van der Waals surface area contributed by atoms with E-state index in [-0.39, 0.29) is 41.3 Å². The molecule has 2 aliphatic heterocycles. The zero-order valence-corrected chi connectivity index (χ0v) is 19.8. The van der Waals surface area contributed by atoms with Crippen LogP contribution in [-0.4, -0.2) is 55.5 Å². The van der Waals surface area contributed by atoms with Crippen LogP contribution in [0.5, 0.6) is 5.75 Å². The molecule has 2 N–H and O–H groups in total. The molecule has 0 saturated carbocycles. The van der Waals surface area contributed by atoms with E-state index in [2.05, 4.69) is 33.9 Å². The van der Waals surface area contributed by atoms with Crippen molar-refractivity contribution in [3.05, 3.63) is 29.3 Å². The molecule has 0 amide bonds. The Hall–Kier alpha value is -1.41. The summed E-state index contributed by atoms with van der Waals surface area (Å²) in [5.41, 5.74) is 0.927. The van der Waals surface area contributed by atoms with Crippen LogP contribution in [0, 0.1) is 0 Å². The fourth-order valence-corrected chi connectivity index (χ4v) is 5.53. The number of phenolic OH excluding ortho intramolecular Hbond substituents is 1. The van der Waals surface area contributed by atoms with Gasteiger partial charge in [-0.2, -0.15) is 0 Å². The first kappa shape index (κ1) is 23.3. The van der Waals surface area contributed by atoms with E-state index in [0.29, 0.717) is 19.3 Å². The van der Waals surface area contributed by atoms with Crippen LogP contribution in [0.25, 0.3) is 0 Å². The number of aliphatic hydroxyl groups excluding tert-OH is 1. The van der Waals surface area contributed by atoms with Crippen LogP contribution in [0.1, 0.15) is 62.4 Å². The Bertz CT molecular complexity index is 757. The highest BCUT2D eigenvalue weighted by Crippen LogP contribution is 2.40. The van der Waals surface area contributed by atoms with Crippen molar-refractivity contribution in [3.63, 3.8) is 0 Å². The summed E-state index contributed by atoms with van der Waals surface area (Å²) in [6.07, 6.45) is 2.33. The third-order valence-corrected chi connectivity index (χ3v) is 11.3. The van der Waals surface area contributed by atoms with Crippen LogP contribution in [0.4, 0.5) is 0 Å². The summed E-state index contributed by atoms with van der Waals surface area (Å²) in [7, 11) is -1.94. The summed E-state index contributed by atoms with van der Waals surface area (Å²) in [6, 6.07) is 5.08. The number of carbonyl (C=O) groups excluding carboxylic acids is 1. The van der Waals surface area contributed by atoms with Gasteiger partial charge >= 0.3 is 5.97 Å². The minimum Gasteiger partial charge on any atom is -0.507 e. The molecule has 2 aliphatic rings. The van der Waals surface area contributed by atoms with Gasteiger partial charge in [0.25, 0.3) is 0 Å². The third-order valence-electron chi connectivity index (χ3n) is 6.73. The van der Waals surface area contributed by atoms with E-state index in [9.17, 15) is 15.0 Å². The molecule has 6 nitrogen and oxygen atoms in total. The van der Waals surface area contributed by atoms with Gasteiger partial charge in [0.2, 0.25) is 0 Å². The molecule has 7 heteroatoms. The van der Waals surface area contributed by atoms with Gasteiger partial charge in [0.15, 0.2) is 8.32 Å². The van der Waals surface area contributed by atoms with Gasteiger partial charge in [0.1, 0.15) is 17.4 Å². The van der Waals surface area contributed by atoms with Gasteiger partial charge in [-0.25, -0.2) is 4.79 Å². The van der Waals surface area contributed by atoms with Crippen molar-refractivity contribution in [1.29, 1.82) is 0 Å². The Morgan fingerprint density at radius 1 is 1.17 bits per heavy atom. The monoisotopic (exact) mass is 436 g/mol. The number of cyclic esters (lactones) is 1. The average molecular weight is 437 g/mol. The summed E-state index contributed by atoms with van der Waals surface area (Å²) in [5, 5.41) is 19.9. The summed E-state index contributed by atoms with van der Waals surface area (Å²) in [5.74, 6) is -0.613. The number of ether oxygens (including phenoxy) is 2. The molecular formula is C23H36O6Si. The maximum atomic E-state index is 12.8. The predicted molar refractivity (Wildman–Crippen MR) is 117 cm³/mol. The molecule has 1 saturated heterocycles. The maximum Gasteiger partial charge on any atom is 0.342 e. The van der Waals surface area contributed by atoms with Crippen LogP contribution in [0.2, 0.25) is 18.1 Å². The second kappa shape index (κ2) is 8.98. The third kappa shape index (κ3) is 5.25. The van der Waals surface area contributed by atoms with Crippen molar-refractivity contribution in [3.8, 4) is 5.75 Å². The van der Waals surface area contributed by atoms with Gasteiger partial charge in [0.05, 0.1) is 12.2 Å². The largest absolute Gasteiger partial charge is 0.507 e. The van der Waals surface area contributed by atoms with Gasteiger partial charge in [-0.15, -0.1) is 0 Å². The van der Waals surface area contributed by atoms with Gasteiger partial charge in [-0.05, 0) is 49.0 Å². The topological polar surface area (TPSA) is 85.2 Å². The lowest BCUT2D eigenvalue weighted by Crippen LogP contribution is -2.48. The van der Waals surface area contributed by atoms with E-state index < -0.39 is 20.4 Å². The Morgan fingerprint density at radius 3 is 2.53 bits per heavy atom. The van der Waals surface area contributed by atoms with Crippen molar-refractivity contribution in [1.82, 2.24) is 0 Å². The molecule has 2 heterocycles. The second-order valence-corrected chi connectivity index (χ2v) is 14.9. The van der Waals surface area contributed by atoms with E-state index in [1.807, 2.05) is 6.07 Å². The molecule has 30 heavy (non-hydrogen) atoms. The highest BCUT2D eigenvalue weighted by molar-refractivity contribution is 6.74. The first-order chi connectivity index (χ1) is 14.0. The van der Waals surface area contributed by atoms with Gasteiger partial charge in [-0.1, -0.05) is 32.9 Å². The minimum atomic E-state index is -1.94. The van der Waals surface area contributed by atoms with Crippen LogP contribution in [0.3, 0.4) is 0 Å². The Kier molecular flexibility index (Phi) is 6.96.